The Morgan fingerprint density at radius 3 is 2.72 bits per heavy atom. The minimum Gasteiger partial charge on any atom is -0.343 e. The van der Waals surface area contributed by atoms with E-state index >= 15 is 0 Å². The Hall–Kier alpha value is -3.60. The summed E-state index contributed by atoms with van der Waals surface area (Å²) in [7, 11) is 1.53. The lowest BCUT2D eigenvalue weighted by atomic mass is 9.78. The number of nitrogens with one attached hydrogen (secondary N) is 2. The van der Waals surface area contributed by atoms with Gasteiger partial charge in [0, 0.05) is 19.4 Å². The fourth-order valence-electron chi connectivity index (χ4n) is 3.71. The van der Waals surface area contributed by atoms with Crippen molar-refractivity contribution in [3.8, 4) is 22.6 Å². The third-order valence-electron chi connectivity index (χ3n) is 5.37. The SMILES string of the molecule is CN1C(=N)N[C@](C)(c2nc(Br)c(-c3cccc(C#N)c3)s2)[C@@H](c2cncc(C#N)c2)C1=O. The van der Waals surface area contributed by atoms with Crippen LogP contribution in [-0.4, -0.2) is 33.8 Å². The molecule has 2 aromatic heterocycles. The van der Waals surface area contributed by atoms with E-state index in [1.54, 1.807) is 30.5 Å². The van der Waals surface area contributed by atoms with E-state index in [0.717, 1.165) is 10.4 Å². The minimum absolute atomic E-state index is 0.0440. The first-order chi connectivity index (χ1) is 15.3. The molecular weight excluding hydrogens is 490 g/mol. The highest BCUT2D eigenvalue weighted by atomic mass is 79.9. The van der Waals surface area contributed by atoms with E-state index in [-0.39, 0.29) is 11.9 Å². The summed E-state index contributed by atoms with van der Waals surface area (Å²) < 4.78 is 0.580. The van der Waals surface area contributed by atoms with Gasteiger partial charge in [0.05, 0.1) is 28.0 Å². The maximum absolute atomic E-state index is 13.3. The van der Waals surface area contributed by atoms with Crippen molar-refractivity contribution in [3.05, 3.63) is 69.0 Å². The van der Waals surface area contributed by atoms with Gasteiger partial charge in [-0.2, -0.15) is 10.5 Å². The lowest BCUT2D eigenvalue weighted by Gasteiger charge is -2.44. The second kappa shape index (κ2) is 8.15. The normalized spacial score (nSPS) is 20.4. The quantitative estimate of drug-likeness (QED) is 0.557. The fourth-order valence-corrected chi connectivity index (χ4v) is 5.57. The molecule has 1 amide bonds. The zero-order chi connectivity index (χ0) is 23.0. The summed E-state index contributed by atoms with van der Waals surface area (Å²) in [5, 5.41) is 30.6. The van der Waals surface area contributed by atoms with Gasteiger partial charge in [-0.05, 0) is 52.2 Å². The van der Waals surface area contributed by atoms with Crippen LogP contribution >= 0.6 is 27.3 Å². The van der Waals surface area contributed by atoms with Gasteiger partial charge in [-0.15, -0.1) is 11.3 Å². The Labute approximate surface area is 196 Å². The number of carbonyl (C=O) groups is 1. The summed E-state index contributed by atoms with van der Waals surface area (Å²) in [6, 6.07) is 13.0. The first kappa shape index (κ1) is 21.6. The van der Waals surface area contributed by atoms with Crippen LogP contribution in [0.5, 0.6) is 0 Å². The number of rotatable bonds is 3. The van der Waals surface area contributed by atoms with Crippen molar-refractivity contribution in [3.63, 3.8) is 0 Å². The number of nitriles is 2. The van der Waals surface area contributed by atoms with Gasteiger partial charge >= 0.3 is 0 Å². The molecule has 0 unspecified atom stereocenters. The average molecular weight is 506 g/mol. The van der Waals surface area contributed by atoms with Gasteiger partial charge in [-0.25, -0.2) is 4.98 Å². The maximum Gasteiger partial charge on any atom is 0.239 e. The number of hydrogen-bond donors (Lipinski definition) is 2. The second-order valence-electron chi connectivity index (χ2n) is 7.46. The fraction of sp³-hybridized carbons (Fsp3) is 0.182. The highest BCUT2D eigenvalue weighted by Crippen LogP contribution is 2.45. The highest BCUT2D eigenvalue weighted by Gasteiger charge is 2.50. The van der Waals surface area contributed by atoms with E-state index in [9.17, 15) is 15.3 Å². The van der Waals surface area contributed by atoms with E-state index in [4.69, 9.17) is 5.41 Å². The summed E-state index contributed by atoms with van der Waals surface area (Å²) in [6.45, 7) is 1.82. The van der Waals surface area contributed by atoms with Crippen molar-refractivity contribution in [1.82, 2.24) is 20.2 Å². The van der Waals surface area contributed by atoms with Gasteiger partial charge < -0.3 is 5.32 Å². The largest absolute Gasteiger partial charge is 0.343 e. The molecule has 0 aliphatic carbocycles. The van der Waals surface area contributed by atoms with Gasteiger partial charge in [0.15, 0.2) is 5.96 Å². The number of thiazole rings is 1. The van der Waals surface area contributed by atoms with Crippen molar-refractivity contribution in [2.75, 3.05) is 7.05 Å². The molecule has 1 fully saturated rings. The highest BCUT2D eigenvalue weighted by molar-refractivity contribution is 9.10. The van der Waals surface area contributed by atoms with Crippen LogP contribution in [0, 0.1) is 28.1 Å². The van der Waals surface area contributed by atoms with Crippen molar-refractivity contribution in [1.29, 1.82) is 15.9 Å². The van der Waals surface area contributed by atoms with Crippen LogP contribution in [0.2, 0.25) is 0 Å². The molecule has 8 nitrogen and oxygen atoms in total. The number of nitrogens with zero attached hydrogens (tertiary/aromatic N) is 5. The molecular formula is C22H16BrN7OS. The standard InChI is InChI=1S/C22H16BrN7OS/c1-22(20-28-18(23)17(32-20)14-5-3-4-12(6-14)8-24)16(19(31)30(2)21(26)29-22)15-7-13(9-25)10-27-11-15/h3-7,10-11,16H,1-2H3,(H2,26,29)/t16-,22-/m0/s1. The third kappa shape index (κ3) is 3.54. The van der Waals surface area contributed by atoms with Crippen molar-refractivity contribution in [2.24, 2.45) is 0 Å². The zero-order valence-corrected chi connectivity index (χ0v) is 19.5. The first-order valence-corrected chi connectivity index (χ1v) is 11.1. The number of carbonyl (C=O) groups excluding carboxylic acids is 1. The smallest absolute Gasteiger partial charge is 0.239 e. The van der Waals surface area contributed by atoms with Gasteiger partial charge in [0.1, 0.15) is 21.2 Å². The predicted molar refractivity (Wildman–Crippen MR) is 123 cm³/mol. The van der Waals surface area contributed by atoms with E-state index < -0.39 is 11.5 Å². The Morgan fingerprint density at radius 1 is 1.25 bits per heavy atom. The summed E-state index contributed by atoms with van der Waals surface area (Å²) in [6.07, 6.45) is 3.00. The summed E-state index contributed by atoms with van der Waals surface area (Å²) in [4.78, 5) is 24.2. The van der Waals surface area contributed by atoms with Crippen molar-refractivity contribution >= 4 is 39.1 Å². The third-order valence-corrected chi connectivity index (χ3v) is 7.55. The van der Waals surface area contributed by atoms with E-state index in [0.29, 0.717) is 26.3 Å². The van der Waals surface area contributed by atoms with Crippen molar-refractivity contribution < 1.29 is 4.79 Å². The van der Waals surface area contributed by atoms with Crippen LogP contribution in [0.15, 0.2) is 47.3 Å². The Morgan fingerprint density at radius 2 is 2.00 bits per heavy atom. The molecule has 0 spiro atoms. The van der Waals surface area contributed by atoms with Crippen LogP contribution < -0.4 is 5.32 Å². The molecule has 158 valence electrons. The number of amides is 1. The first-order valence-electron chi connectivity index (χ1n) is 9.45. The van der Waals surface area contributed by atoms with E-state index in [1.807, 2.05) is 13.0 Å². The number of aromatic nitrogens is 2. The van der Waals surface area contributed by atoms with Crippen molar-refractivity contribution in [2.45, 2.75) is 18.4 Å². The molecule has 3 heterocycles. The summed E-state index contributed by atoms with van der Waals surface area (Å²) in [5.74, 6) is -1.11. The number of halogens is 1. The average Bonchev–Trinajstić information content (AvgIpc) is 3.20. The van der Waals surface area contributed by atoms with Crippen LogP contribution in [0.4, 0.5) is 0 Å². The molecule has 1 aliphatic rings. The second-order valence-corrected chi connectivity index (χ2v) is 9.21. The number of hydrogen-bond acceptors (Lipinski definition) is 7. The van der Waals surface area contributed by atoms with E-state index in [2.05, 4.69) is 43.4 Å². The molecule has 0 saturated carbocycles. The van der Waals surface area contributed by atoms with Gasteiger partial charge in [-0.1, -0.05) is 12.1 Å². The molecule has 3 aromatic rings. The molecule has 0 radical (unpaired) electrons. The van der Waals surface area contributed by atoms with Gasteiger partial charge in [0.2, 0.25) is 5.91 Å². The summed E-state index contributed by atoms with van der Waals surface area (Å²) in [5.41, 5.74) is 1.19. The molecule has 1 saturated heterocycles. The maximum atomic E-state index is 13.3. The topological polar surface area (TPSA) is 130 Å². The molecule has 2 N–H and O–H groups in total. The molecule has 0 bridgehead atoms. The molecule has 1 aromatic carbocycles. The van der Waals surface area contributed by atoms with Crippen LogP contribution in [-0.2, 0) is 10.3 Å². The van der Waals surface area contributed by atoms with Crippen LogP contribution in [0.3, 0.4) is 0 Å². The van der Waals surface area contributed by atoms with Crippen LogP contribution in [0.25, 0.3) is 10.4 Å². The van der Waals surface area contributed by atoms with Crippen LogP contribution in [0.1, 0.15) is 34.5 Å². The minimum atomic E-state index is -1.06. The zero-order valence-electron chi connectivity index (χ0n) is 17.0. The number of guanidine groups is 1. The lowest BCUT2D eigenvalue weighted by Crippen LogP contribution is -2.62. The molecule has 4 rings (SSSR count). The number of likely N-dealkylation sites (N-methyl/N-ethyl adjacent to an activating group) is 1. The molecule has 2 atom stereocenters. The molecule has 10 heteroatoms. The van der Waals surface area contributed by atoms with Gasteiger partial charge in [-0.3, -0.25) is 20.1 Å². The molecule has 1 aliphatic heterocycles. The Kier molecular flexibility index (Phi) is 5.51. The predicted octanol–water partition coefficient (Wildman–Crippen LogP) is 3.71. The number of pyridine rings is 1. The Bertz CT molecular complexity index is 1340. The molecule has 32 heavy (non-hydrogen) atoms. The van der Waals surface area contributed by atoms with E-state index in [1.165, 1.54) is 29.5 Å². The van der Waals surface area contributed by atoms with Gasteiger partial charge in [0.25, 0.3) is 0 Å². The number of benzene rings is 1. The lowest BCUT2D eigenvalue weighted by molar-refractivity contribution is -0.131. The monoisotopic (exact) mass is 505 g/mol. The summed E-state index contributed by atoms with van der Waals surface area (Å²) >= 11 is 4.88. The Balaban J connectivity index is 1.87.